The summed E-state index contributed by atoms with van der Waals surface area (Å²) in [6.45, 7) is 10.2. The van der Waals surface area contributed by atoms with Gasteiger partial charge in [0.2, 0.25) is 0 Å². The van der Waals surface area contributed by atoms with E-state index in [1.807, 2.05) is 45.0 Å². The number of benzene rings is 1. The van der Waals surface area contributed by atoms with Crippen LogP contribution in [0.4, 0.5) is 5.69 Å². The first-order valence-corrected chi connectivity index (χ1v) is 9.98. The number of carbonyl (C=O) groups is 1. The van der Waals surface area contributed by atoms with Gasteiger partial charge in [-0.1, -0.05) is 19.8 Å². The van der Waals surface area contributed by atoms with E-state index >= 15 is 0 Å². The average molecular weight is 363 g/mol. The van der Waals surface area contributed by atoms with E-state index in [2.05, 4.69) is 10.2 Å². The second-order valence-electron chi connectivity index (χ2n) is 7.10. The van der Waals surface area contributed by atoms with Crippen molar-refractivity contribution in [2.75, 3.05) is 38.2 Å². The third-order valence-electron chi connectivity index (χ3n) is 5.11. The zero-order valence-electron chi connectivity index (χ0n) is 16.6. The minimum Gasteiger partial charge on any atom is -0.492 e. The third-order valence-corrected chi connectivity index (χ3v) is 5.11. The van der Waals surface area contributed by atoms with Crippen LogP contribution in [0.25, 0.3) is 0 Å². The molecular weight excluding hydrogens is 328 g/mol. The fourth-order valence-corrected chi connectivity index (χ4v) is 3.20. The van der Waals surface area contributed by atoms with Gasteiger partial charge in [0.15, 0.2) is 0 Å². The van der Waals surface area contributed by atoms with E-state index < -0.39 is 5.60 Å². The molecule has 0 unspecified atom stereocenters. The quantitative estimate of drug-likeness (QED) is 0.719. The molecule has 1 aliphatic heterocycles. The van der Waals surface area contributed by atoms with Crippen LogP contribution in [0.15, 0.2) is 24.3 Å². The standard InChI is InChI=1S/C21H34N2O3/c1-4-21(3,26-5-2)20(24)22-18-10-12-19(13-11-18)25-17-16-23-14-8-6-7-9-15-23/h10-13H,4-9,14-17H2,1-3H3,(H,22,24)/t21-/m1/s1. The molecule has 0 aromatic heterocycles. The Kier molecular flexibility index (Phi) is 8.39. The summed E-state index contributed by atoms with van der Waals surface area (Å²) >= 11 is 0. The Hall–Kier alpha value is -1.59. The van der Waals surface area contributed by atoms with Crippen LogP contribution in [0.1, 0.15) is 52.9 Å². The molecule has 1 aromatic carbocycles. The molecule has 1 atom stereocenters. The number of hydrogen-bond donors (Lipinski definition) is 1. The first-order valence-electron chi connectivity index (χ1n) is 9.98. The zero-order valence-corrected chi connectivity index (χ0v) is 16.6. The fraction of sp³-hybridized carbons (Fsp3) is 0.667. The maximum atomic E-state index is 12.4. The van der Waals surface area contributed by atoms with E-state index in [4.69, 9.17) is 9.47 Å². The SMILES string of the molecule is CCO[C@](C)(CC)C(=O)Nc1ccc(OCCN2CCCCCC2)cc1. The van der Waals surface area contributed by atoms with Crippen molar-refractivity contribution in [1.29, 1.82) is 0 Å². The number of anilines is 1. The molecule has 5 heteroatoms. The minimum atomic E-state index is -0.795. The Balaban J connectivity index is 1.79. The molecule has 1 N–H and O–H groups in total. The second-order valence-corrected chi connectivity index (χ2v) is 7.10. The Morgan fingerprint density at radius 2 is 1.77 bits per heavy atom. The largest absolute Gasteiger partial charge is 0.492 e. The van der Waals surface area contributed by atoms with Gasteiger partial charge in [-0.2, -0.15) is 0 Å². The molecule has 1 saturated heterocycles. The molecule has 0 aliphatic carbocycles. The summed E-state index contributed by atoms with van der Waals surface area (Å²) in [7, 11) is 0. The topological polar surface area (TPSA) is 50.8 Å². The number of hydrogen-bond acceptors (Lipinski definition) is 4. The second kappa shape index (κ2) is 10.5. The van der Waals surface area contributed by atoms with E-state index in [0.717, 1.165) is 18.0 Å². The Morgan fingerprint density at radius 3 is 2.35 bits per heavy atom. The predicted molar refractivity (Wildman–Crippen MR) is 106 cm³/mol. The number of carbonyl (C=O) groups excluding carboxylic acids is 1. The zero-order chi connectivity index (χ0) is 18.8. The van der Waals surface area contributed by atoms with Gasteiger partial charge >= 0.3 is 0 Å². The molecular formula is C21H34N2O3. The lowest BCUT2D eigenvalue weighted by Crippen LogP contribution is -2.42. The van der Waals surface area contributed by atoms with Crippen molar-refractivity contribution in [2.24, 2.45) is 0 Å². The van der Waals surface area contributed by atoms with Crippen LogP contribution in [-0.2, 0) is 9.53 Å². The molecule has 5 nitrogen and oxygen atoms in total. The highest BCUT2D eigenvalue weighted by Gasteiger charge is 2.31. The molecule has 0 saturated carbocycles. The maximum Gasteiger partial charge on any atom is 0.256 e. The summed E-state index contributed by atoms with van der Waals surface area (Å²) in [5.41, 5.74) is -0.0360. The summed E-state index contributed by atoms with van der Waals surface area (Å²) in [5.74, 6) is 0.720. The highest BCUT2D eigenvalue weighted by atomic mass is 16.5. The van der Waals surface area contributed by atoms with Gasteiger partial charge in [-0.05, 0) is 70.5 Å². The van der Waals surface area contributed by atoms with Gasteiger partial charge in [-0.3, -0.25) is 9.69 Å². The molecule has 146 valence electrons. The smallest absolute Gasteiger partial charge is 0.256 e. The lowest BCUT2D eigenvalue weighted by Gasteiger charge is -2.26. The van der Waals surface area contributed by atoms with Gasteiger partial charge in [0, 0.05) is 18.8 Å². The van der Waals surface area contributed by atoms with Crippen molar-refractivity contribution in [2.45, 2.75) is 58.5 Å². The summed E-state index contributed by atoms with van der Waals surface area (Å²) in [6.07, 6.45) is 5.93. The van der Waals surface area contributed by atoms with Crippen molar-refractivity contribution in [1.82, 2.24) is 4.90 Å². The number of amides is 1. The van der Waals surface area contributed by atoms with E-state index in [0.29, 0.717) is 19.6 Å². The van der Waals surface area contributed by atoms with Crippen LogP contribution in [0.5, 0.6) is 5.75 Å². The number of nitrogens with one attached hydrogen (secondary N) is 1. The number of nitrogens with zero attached hydrogens (tertiary/aromatic N) is 1. The van der Waals surface area contributed by atoms with Crippen LogP contribution in [0, 0.1) is 0 Å². The lowest BCUT2D eigenvalue weighted by atomic mass is 10.0. The van der Waals surface area contributed by atoms with E-state index in [9.17, 15) is 4.79 Å². The molecule has 1 aliphatic rings. The van der Waals surface area contributed by atoms with Gasteiger partial charge in [0.1, 0.15) is 18.0 Å². The van der Waals surface area contributed by atoms with Gasteiger partial charge in [0.25, 0.3) is 5.91 Å². The van der Waals surface area contributed by atoms with Gasteiger partial charge in [-0.25, -0.2) is 0 Å². The van der Waals surface area contributed by atoms with E-state index in [1.165, 1.54) is 38.8 Å². The molecule has 0 radical (unpaired) electrons. The highest BCUT2D eigenvalue weighted by molar-refractivity contribution is 5.97. The number of likely N-dealkylation sites (tertiary alicyclic amines) is 1. The lowest BCUT2D eigenvalue weighted by molar-refractivity contribution is -0.139. The van der Waals surface area contributed by atoms with Gasteiger partial charge in [-0.15, -0.1) is 0 Å². The van der Waals surface area contributed by atoms with Gasteiger partial charge in [0.05, 0.1) is 0 Å². The molecule has 1 aromatic rings. The Labute approximate surface area is 158 Å². The molecule has 1 heterocycles. The third kappa shape index (κ3) is 6.29. The van der Waals surface area contributed by atoms with E-state index in [-0.39, 0.29) is 5.91 Å². The van der Waals surface area contributed by atoms with Crippen molar-refractivity contribution in [3.63, 3.8) is 0 Å². The Bertz CT molecular complexity index is 539. The first kappa shape index (κ1) is 20.7. The van der Waals surface area contributed by atoms with Crippen LogP contribution in [0.3, 0.4) is 0 Å². The van der Waals surface area contributed by atoms with Crippen molar-refractivity contribution in [3.05, 3.63) is 24.3 Å². The van der Waals surface area contributed by atoms with Gasteiger partial charge < -0.3 is 14.8 Å². The number of rotatable bonds is 9. The summed E-state index contributed by atoms with van der Waals surface area (Å²) < 4.78 is 11.5. The van der Waals surface area contributed by atoms with Crippen molar-refractivity contribution < 1.29 is 14.3 Å². The fourth-order valence-electron chi connectivity index (χ4n) is 3.20. The van der Waals surface area contributed by atoms with E-state index in [1.54, 1.807) is 0 Å². The summed E-state index contributed by atoms with van der Waals surface area (Å²) in [4.78, 5) is 14.9. The normalized spacial score (nSPS) is 18.0. The van der Waals surface area contributed by atoms with Crippen LogP contribution >= 0.6 is 0 Å². The average Bonchev–Trinajstić information content (AvgIpc) is 2.92. The molecule has 2 rings (SSSR count). The summed E-state index contributed by atoms with van der Waals surface area (Å²) in [5, 5.41) is 2.93. The van der Waals surface area contributed by atoms with Crippen molar-refractivity contribution >= 4 is 11.6 Å². The number of ether oxygens (including phenoxy) is 2. The van der Waals surface area contributed by atoms with Crippen molar-refractivity contribution in [3.8, 4) is 5.75 Å². The molecule has 1 fully saturated rings. The monoisotopic (exact) mass is 362 g/mol. The predicted octanol–water partition coefficient (Wildman–Crippen LogP) is 4.09. The highest BCUT2D eigenvalue weighted by Crippen LogP contribution is 2.21. The Morgan fingerprint density at radius 1 is 1.12 bits per heavy atom. The van der Waals surface area contributed by atoms with Crippen LogP contribution in [0.2, 0.25) is 0 Å². The minimum absolute atomic E-state index is 0.114. The summed E-state index contributed by atoms with van der Waals surface area (Å²) in [6, 6.07) is 7.56. The first-order chi connectivity index (χ1) is 12.6. The van der Waals surface area contributed by atoms with Crippen LogP contribution < -0.4 is 10.1 Å². The maximum absolute atomic E-state index is 12.4. The molecule has 26 heavy (non-hydrogen) atoms. The molecule has 0 spiro atoms. The van der Waals surface area contributed by atoms with Crippen LogP contribution in [-0.4, -0.2) is 49.3 Å². The molecule has 1 amide bonds. The molecule has 0 bridgehead atoms.